The molecule has 0 heterocycles. The SMILES string of the molecule is O=C(CSc1cc(F)ccc1F)Nc1cc(Cl)ccc1[N+](=O)[O-]. The summed E-state index contributed by atoms with van der Waals surface area (Å²) in [6.07, 6.45) is 0. The lowest BCUT2D eigenvalue weighted by Crippen LogP contribution is -2.15. The van der Waals surface area contributed by atoms with Gasteiger partial charge < -0.3 is 5.32 Å². The van der Waals surface area contributed by atoms with E-state index in [4.69, 9.17) is 11.6 Å². The van der Waals surface area contributed by atoms with Crippen LogP contribution >= 0.6 is 23.4 Å². The van der Waals surface area contributed by atoms with E-state index in [-0.39, 0.29) is 27.0 Å². The predicted molar refractivity (Wildman–Crippen MR) is 83.8 cm³/mol. The minimum absolute atomic E-state index is 0.0271. The summed E-state index contributed by atoms with van der Waals surface area (Å²) in [6.45, 7) is 0. The predicted octanol–water partition coefficient (Wildman–Crippen LogP) is 4.26. The first kappa shape index (κ1) is 17.2. The van der Waals surface area contributed by atoms with Crippen molar-refractivity contribution in [2.24, 2.45) is 0 Å². The second kappa shape index (κ2) is 7.38. The van der Waals surface area contributed by atoms with Crippen LogP contribution in [0.4, 0.5) is 20.2 Å². The summed E-state index contributed by atoms with van der Waals surface area (Å²) in [5.41, 5.74) is -0.377. The maximum absolute atomic E-state index is 13.4. The van der Waals surface area contributed by atoms with Crippen molar-refractivity contribution in [3.8, 4) is 0 Å². The highest BCUT2D eigenvalue weighted by atomic mass is 35.5. The average Bonchev–Trinajstić information content (AvgIpc) is 2.48. The highest BCUT2D eigenvalue weighted by Gasteiger charge is 2.16. The quantitative estimate of drug-likeness (QED) is 0.492. The van der Waals surface area contributed by atoms with Gasteiger partial charge in [-0.15, -0.1) is 11.8 Å². The minimum Gasteiger partial charge on any atom is -0.320 e. The Morgan fingerprint density at radius 3 is 2.70 bits per heavy atom. The van der Waals surface area contributed by atoms with E-state index in [1.54, 1.807) is 0 Å². The fourth-order valence-electron chi connectivity index (χ4n) is 1.68. The molecule has 0 spiro atoms. The molecule has 0 saturated carbocycles. The Hall–Kier alpha value is -2.19. The summed E-state index contributed by atoms with van der Waals surface area (Å²) < 4.78 is 26.5. The monoisotopic (exact) mass is 358 g/mol. The zero-order valence-electron chi connectivity index (χ0n) is 11.4. The number of benzene rings is 2. The molecule has 0 aliphatic carbocycles. The van der Waals surface area contributed by atoms with Crippen LogP contribution in [0, 0.1) is 21.7 Å². The van der Waals surface area contributed by atoms with Crippen molar-refractivity contribution in [3.63, 3.8) is 0 Å². The van der Waals surface area contributed by atoms with Crippen LogP contribution in [0.5, 0.6) is 0 Å². The molecule has 0 fully saturated rings. The molecule has 9 heteroatoms. The second-order valence-electron chi connectivity index (χ2n) is 4.33. The fraction of sp³-hybridized carbons (Fsp3) is 0.0714. The number of nitro groups is 1. The Morgan fingerprint density at radius 1 is 1.26 bits per heavy atom. The summed E-state index contributed by atoms with van der Waals surface area (Å²) >= 11 is 6.52. The smallest absolute Gasteiger partial charge is 0.292 e. The van der Waals surface area contributed by atoms with E-state index in [2.05, 4.69) is 5.32 Å². The summed E-state index contributed by atoms with van der Waals surface area (Å²) in [7, 11) is 0. The molecule has 5 nitrogen and oxygen atoms in total. The minimum atomic E-state index is -0.661. The van der Waals surface area contributed by atoms with Gasteiger partial charge in [0.05, 0.1) is 10.7 Å². The van der Waals surface area contributed by atoms with Crippen molar-refractivity contribution in [1.82, 2.24) is 0 Å². The maximum atomic E-state index is 13.4. The fourth-order valence-corrected chi connectivity index (χ4v) is 2.62. The van der Waals surface area contributed by atoms with Crippen LogP contribution in [0.3, 0.4) is 0 Å². The van der Waals surface area contributed by atoms with Crippen molar-refractivity contribution in [1.29, 1.82) is 0 Å². The number of carbonyl (C=O) groups excluding carboxylic acids is 1. The van der Waals surface area contributed by atoms with Gasteiger partial charge in [0.15, 0.2) is 0 Å². The maximum Gasteiger partial charge on any atom is 0.292 e. The Labute approximate surface area is 138 Å². The molecule has 120 valence electrons. The Bertz CT molecular complexity index is 774. The van der Waals surface area contributed by atoms with Crippen LogP contribution in [0.15, 0.2) is 41.3 Å². The molecular weight excluding hydrogens is 350 g/mol. The van der Waals surface area contributed by atoms with Crippen molar-refractivity contribution in [2.45, 2.75) is 4.90 Å². The topological polar surface area (TPSA) is 72.2 Å². The molecular formula is C14H9ClF2N2O3S. The molecule has 1 N–H and O–H groups in total. The first-order valence-corrected chi connectivity index (χ1v) is 7.55. The van der Waals surface area contributed by atoms with E-state index in [9.17, 15) is 23.7 Å². The lowest BCUT2D eigenvalue weighted by molar-refractivity contribution is -0.383. The van der Waals surface area contributed by atoms with Crippen LogP contribution in [0.1, 0.15) is 0 Å². The van der Waals surface area contributed by atoms with Crippen LogP contribution in [0.25, 0.3) is 0 Å². The Kier molecular flexibility index (Phi) is 5.51. The molecule has 2 aromatic carbocycles. The number of amides is 1. The normalized spacial score (nSPS) is 10.4. The molecule has 23 heavy (non-hydrogen) atoms. The number of nitrogens with one attached hydrogen (secondary N) is 1. The lowest BCUT2D eigenvalue weighted by atomic mass is 10.2. The van der Waals surface area contributed by atoms with Gasteiger partial charge in [-0.25, -0.2) is 8.78 Å². The molecule has 0 atom stereocenters. The number of halogens is 3. The van der Waals surface area contributed by atoms with Crippen LogP contribution in [0.2, 0.25) is 5.02 Å². The van der Waals surface area contributed by atoms with E-state index < -0.39 is 22.5 Å². The van der Waals surface area contributed by atoms with Crippen LogP contribution in [-0.4, -0.2) is 16.6 Å². The van der Waals surface area contributed by atoms with Crippen LogP contribution < -0.4 is 5.32 Å². The van der Waals surface area contributed by atoms with Gasteiger partial charge in [0.2, 0.25) is 5.91 Å². The number of carbonyl (C=O) groups is 1. The highest BCUT2D eigenvalue weighted by Crippen LogP contribution is 2.28. The standard InChI is InChI=1S/C14H9ClF2N2O3S/c15-8-1-4-12(19(21)22)11(5-8)18-14(20)7-23-13-6-9(16)2-3-10(13)17/h1-6H,7H2,(H,18,20). The number of hydrogen-bond acceptors (Lipinski definition) is 4. The lowest BCUT2D eigenvalue weighted by Gasteiger charge is -2.07. The van der Waals surface area contributed by atoms with Gasteiger partial charge in [-0.1, -0.05) is 11.6 Å². The van der Waals surface area contributed by atoms with Crippen LogP contribution in [-0.2, 0) is 4.79 Å². The van der Waals surface area contributed by atoms with Gasteiger partial charge in [-0.05, 0) is 30.3 Å². The summed E-state index contributed by atoms with van der Waals surface area (Å²) in [5, 5.41) is 13.4. The molecule has 0 aromatic heterocycles. The summed E-state index contributed by atoms with van der Waals surface area (Å²) in [5.74, 6) is -2.13. The molecule has 0 radical (unpaired) electrons. The molecule has 0 unspecified atom stereocenters. The molecule has 0 aliphatic heterocycles. The van der Waals surface area contributed by atoms with E-state index in [1.165, 1.54) is 12.1 Å². The zero-order valence-corrected chi connectivity index (χ0v) is 13.0. The third kappa shape index (κ3) is 4.64. The van der Waals surface area contributed by atoms with Crippen molar-refractivity contribution in [3.05, 3.63) is 63.2 Å². The Balaban J connectivity index is 2.07. The van der Waals surface area contributed by atoms with Gasteiger partial charge in [0, 0.05) is 16.0 Å². The number of nitrogens with zero attached hydrogens (tertiary/aromatic N) is 1. The largest absolute Gasteiger partial charge is 0.320 e. The van der Waals surface area contributed by atoms with E-state index in [1.807, 2.05) is 0 Å². The number of rotatable bonds is 5. The first-order valence-electron chi connectivity index (χ1n) is 6.18. The number of nitro benzene ring substituents is 1. The van der Waals surface area contributed by atoms with E-state index in [0.29, 0.717) is 0 Å². The van der Waals surface area contributed by atoms with Crippen molar-refractivity contribution >= 4 is 40.6 Å². The number of anilines is 1. The van der Waals surface area contributed by atoms with Gasteiger partial charge >= 0.3 is 0 Å². The molecule has 2 rings (SSSR count). The van der Waals surface area contributed by atoms with Gasteiger partial charge in [-0.2, -0.15) is 0 Å². The second-order valence-corrected chi connectivity index (χ2v) is 5.78. The number of thioether (sulfide) groups is 1. The highest BCUT2D eigenvalue weighted by molar-refractivity contribution is 8.00. The molecule has 2 aromatic rings. The first-order chi connectivity index (χ1) is 10.9. The van der Waals surface area contributed by atoms with E-state index in [0.717, 1.165) is 36.0 Å². The number of hydrogen-bond donors (Lipinski definition) is 1. The van der Waals surface area contributed by atoms with Gasteiger partial charge in [0.25, 0.3) is 5.69 Å². The molecule has 0 aliphatic rings. The van der Waals surface area contributed by atoms with Gasteiger partial charge in [0.1, 0.15) is 17.3 Å². The molecule has 0 saturated heterocycles. The summed E-state index contributed by atoms with van der Waals surface area (Å²) in [6, 6.07) is 6.62. The summed E-state index contributed by atoms with van der Waals surface area (Å²) in [4.78, 5) is 22.1. The van der Waals surface area contributed by atoms with Crippen molar-refractivity contribution in [2.75, 3.05) is 11.1 Å². The van der Waals surface area contributed by atoms with Gasteiger partial charge in [-0.3, -0.25) is 14.9 Å². The average molecular weight is 359 g/mol. The van der Waals surface area contributed by atoms with Crippen molar-refractivity contribution < 1.29 is 18.5 Å². The third-order valence-corrected chi connectivity index (χ3v) is 3.95. The zero-order chi connectivity index (χ0) is 17.0. The third-order valence-electron chi connectivity index (χ3n) is 2.68. The van der Waals surface area contributed by atoms with E-state index >= 15 is 0 Å². The molecule has 1 amide bonds. The molecule has 0 bridgehead atoms. The Morgan fingerprint density at radius 2 is 2.00 bits per heavy atom.